The summed E-state index contributed by atoms with van der Waals surface area (Å²) >= 11 is 0. The van der Waals surface area contributed by atoms with Crippen molar-refractivity contribution < 1.29 is 19.4 Å². The highest BCUT2D eigenvalue weighted by Crippen LogP contribution is 2.44. The predicted molar refractivity (Wildman–Crippen MR) is 59.9 cm³/mol. The summed E-state index contributed by atoms with van der Waals surface area (Å²) in [6.07, 6.45) is 1.58. The molecule has 0 spiro atoms. The molecule has 1 aromatic rings. The molecule has 1 unspecified atom stereocenters. The first-order chi connectivity index (χ1) is 7.96. The standard InChI is InChI=1S/C11H12NO4P/c12-11(10(13)14,7-1-2-7)8-3-5-9(6-4-8)17(15)16/h3-7H,1-2,12H2,(H,13,14)/t11-/m0/s1. The van der Waals surface area contributed by atoms with Crippen LogP contribution in [-0.4, -0.2) is 11.1 Å². The molecule has 1 aromatic carbocycles. The molecule has 0 aromatic heterocycles. The monoisotopic (exact) mass is 253 g/mol. The van der Waals surface area contributed by atoms with Crippen LogP contribution in [0.5, 0.6) is 0 Å². The minimum absolute atomic E-state index is 0.0631. The van der Waals surface area contributed by atoms with E-state index in [1.54, 1.807) is 0 Å². The Bertz CT molecular complexity index is 469. The third-order valence-electron chi connectivity index (χ3n) is 3.13. The van der Waals surface area contributed by atoms with Crippen LogP contribution in [0.3, 0.4) is 0 Å². The lowest BCUT2D eigenvalue weighted by atomic mass is 9.86. The zero-order valence-corrected chi connectivity index (χ0v) is 9.89. The van der Waals surface area contributed by atoms with Crippen LogP contribution >= 0.6 is 8.03 Å². The van der Waals surface area contributed by atoms with Gasteiger partial charge in [-0.2, -0.15) is 0 Å². The van der Waals surface area contributed by atoms with Gasteiger partial charge in [-0.15, -0.1) is 0 Å². The van der Waals surface area contributed by atoms with Crippen LogP contribution in [0.25, 0.3) is 0 Å². The van der Waals surface area contributed by atoms with Crippen molar-refractivity contribution in [2.24, 2.45) is 11.7 Å². The molecule has 90 valence electrons. The summed E-state index contributed by atoms with van der Waals surface area (Å²) in [7, 11) is -2.65. The molecule has 1 aliphatic carbocycles. The Morgan fingerprint density at radius 3 is 2.29 bits per heavy atom. The number of nitrogens with two attached hydrogens (primary N) is 1. The van der Waals surface area contributed by atoms with E-state index in [1.165, 1.54) is 24.3 Å². The van der Waals surface area contributed by atoms with E-state index >= 15 is 0 Å². The van der Waals surface area contributed by atoms with Gasteiger partial charge in [-0.3, -0.25) is 0 Å². The van der Waals surface area contributed by atoms with E-state index in [9.17, 15) is 19.4 Å². The molecule has 2 rings (SSSR count). The molecule has 3 N–H and O–H groups in total. The molecule has 0 bridgehead atoms. The zero-order valence-electron chi connectivity index (χ0n) is 9.00. The van der Waals surface area contributed by atoms with E-state index < -0.39 is 19.5 Å². The second kappa shape index (κ2) is 4.18. The summed E-state index contributed by atoms with van der Waals surface area (Å²) in [4.78, 5) is 22.0. The molecule has 5 nitrogen and oxygen atoms in total. The fourth-order valence-electron chi connectivity index (χ4n) is 1.93. The lowest BCUT2D eigenvalue weighted by Gasteiger charge is -2.24. The van der Waals surface area contributed by atoms with E-state index in [1.807, 2.05) is 0 Å². The molecule has 1 fully saturated rings. The number of carbonyl (C=O) groups is 1. The van der Waals surface area contributed by atoms with E-state index in [4.69, 9.17) is 5.73 Å². The SMILES string of the molecule is N[C@](C(=O)O)(c1ccc([P+](=O)[O-])cc1)C1CC1. The van der Waals surface area contributed by atoms with Crippen LogP contribution in [0, 0.1) is 5.92 Å². The number of hydrogen-bond donors (Lipinski definition) is 2. The molecule has 1 saturated carbocycles. The zero-order chi connectivity index (χ0) is 12.6. The van der Waals surface area contributed by atoms with Crippen LogP contribution in [0.15, 0.2) is 24.3 Å². The lowest BCUT2D eigenvalue weighted by molar-refractivity contribution is -0.160. The fourth-order valence-corrected chi connectivity index (χ4v) is 2.32. The molecule has 0 amide bonds. The minimum atomic E-state index is -2.65. The predicted octanol–water partition coefficient (Wildman–Crippen LogP) is 0.0632. The highest BCUT2D eigenvalue weighted by atomic mass is 31.1. The van der Waals surface area contributed by atoms with Crippen molar-refractivity contribution >= 4 is 19.3 Å². The van der Waals surface area contributed by atoms with E-state index in [-0.39, 0.29) is 11.2 Å². The quantitative estimate of drug-likeness (QED) is 0.738. The topological polar surface area (TPSA) is 103 Å². The first kappa shape index (κ1) is 12.2. The Balaban J connectivity index is 2.37. The highest BCUT2D eigenvalue weighted by molar-refractivity contribution is 7.45. The van der Waals surface area contributed by atoms with Gasteiger partial charge in [0.2, 0.25) is 0 Å². The van der Waals surface area contributed by atoms with Gasteiger partial charge in [0.15, 0.2) is 5.30 Å². The van der Waals surface area contributed by atoms with Gasteiger partial charge < -0.3 is 15.7 Å². The average Bonchev–Trinajstić information content (AvgIpc) is 3.12. The maximum Gasteiger partial charge on any atom is 0.348 e. The largest absolute Gasteiger partial charge is 0.591 e. The van der Waals surface area contributed by atoms with Crippen molar-refractivity contribution in [1.82, 2.24) is 0 Å². The molecule has 0 aliphatic heterocycles. The second-order valence-corrected chi connectivity index (χ2v) is 5.28. The van der Waals surface area contributed by atoms with Gasteiger partial charge >= 0.3 is 14.0 Å². The third-order valence-corrected chi connectivity index (χ3v) is 3.85. The van der Waals surface area contributed by atoms with Crippen molar-refractivity contribution in [2.75, 3.05) is 0 Å². The van der Waals surface area contributed by atoms with Crippen LogP contribution in [-0.2, 0) is 14.9 Å². The Kier molecular flexibility index (Phi) is 3.00. The molecular weight excluding hydrogens is 241 g/mol. The number of hydrogen-bond acceptors (Lipinski definition) is 4. The number of rotatable bonds is 4. The molecular formula is C11H12NO4P. The number of carboxylic acids is 1. The number of benzene rings is 1. The van der Waals surface area contributed by atoms with Gasteiger partial charge in [0.1, 0.15) is 5.54 Å². The summed E-state index contributed by atoms with van der Waals surface area (Å²) in [5.74, 6) is -1.13. The van der Waals surface area contributed by atoms with Crippen molar-refractivity contribution in [3.8, 4) is 0 Å². The smallest absolute Gasteiger partial charge is 0.348 e. The van der Waals surface area contributed by atoms with Crippen LogP contribution in [0.4, 0.5) is 0 Å². The van der Waals surface area contributed by atoms with Crippen LogP contribution in [0.1, 0.15) is 18.4 Å². The summed E-state index contributed by atoms with van der Waals surface area (Å²) < 4.78 is 10.7. The van der Waals surface area contributed by atoms with Crippen LogP contribution in [0.2, 0.25) is 0 Å². The Hall–Kier alpha value is -1.29. The minimum Gasteiger partial charge on any atom is -0.591 e. The van der Waals surface area contributed by atoms with E-state index in [0.29, 0.717) is 5.56 Å². The first-order valence-electron chi connectivity index (χ1n) is 5.23. The van der Waals surface area contributed by atoms with Gasteiger partial charge in [-0.05, 0) is 36.5 Å². The molecule has 0 heterocycles. The molecule has 1 aliphatic rings. The van der Waals surface area contributed by atoms with E-state index in [0.717, 1.165) is 12.8 Å². The third kappa shape index (κ3) is 2.09. The van der Waals surface area contributed by atoms with Gasteiger partial charge in [-0.1, -0.05) is 16.7 Å². The van der Waals surface area contributed by atoms with Crippen molar-refractivity contribution in [3.05, 3.63) is 29.8 Å². The second-order valence-electron chi connectivity index (χ2n) is 4.25. The van der Waals surface area contributed by atoms with Crippen molar-refractivity contribution in [1.29, 1.82) is 0 Å². The average molecular weight is 253 g/mol. The maximum absolute atomic E-state index is 11.3. The summed E-state index contributed by atoms with van der Waals surface area (Å²) in [5.41, 5.74) is 5.00. The van der Waals surface area contributed by atoms with Crippen molar-refractivity contribution in [2.45, 2.75) is 18.4 Å². The van der Waals surface area contributed by atoms with E-state index in [2.05, 4.69) is 0 Å². The lowest BCUT2D eigenvalue weighted by Crippen LogP contribution is -2.47. The Morgan fingerprint density at radius 2 is 1.94 bits per heavy atom. The van der Waals surface area contributed by atoms with Gasteiger partial charge in [0, 0.05) is 0 Å². The molecule has 0 radical (unpaired) electrons. The normalized spacial score (nSPS) is 19.5. The number of carboxylic acid groups (broad SMARTS) is 1. The fraction of sp³-hybridized carbons (Fsp3) is 0.364. The molecule has 6 heteroatoms. The van der Waals surface area contributed by atoms with Crippen LogP contribution < -0.4 is 15.9 Å². The van der Waals surface area contributed by atoms with Gasteiger partial charge in [0.25, 0.3) is 0 Å². The Morgan fingerprint density at radius 1 is 1.41 bits per heavy atom. The maximum atomic E-state index is 11.3. The number of aliphatic carboxylic acids is 1. The summed E-state index contributed by atoms with van der Waals surface area (Å²) in [6, 6.07) is 5.72. The van der Waals surface area contributed by atoms with Gasteiger partial charge in [0.05, 0.1) is 0 Å². The molecule has 17 heavy (non-hydrogen) atoms. The van der Waals surface area contributed by atoms with Gasteiger partial charge in [-0.25, -0.2) is 4.79 Å². The summed E-state index contributed by atoms with van der Waals surface area (Å²) in [6.45, 7) is 0. The highest BCUT2D eigenvalue weighted by Gasteiger charge is 2.49. The summed E-state index contributed by atoms with van der Waals surface area (Å²) in [5, 5.41) is 9.39. The molecule has 2 atom stereocenters. The molecule has 0 saturated heterocycles. The Labute approximate surface area is 99.1 Å². The first-order valence-corrected chi connectivity index (χ1v) is 6.41. The van der Waals surface area contributed by atoms with Crippen molar-refractivity contribution in [3.63, 3.8) is 0 Å².